The number of esters is 1. The summed E-state index contributed by atoms with van der Waals surface area (Å²) in [5.41, 5.74) is -1.61. The SMILES string of the molecule is CC(CC(C)(C)O)OC(=O)CCC1(C(=O)O)OC(C)CC(C)(C)O1. The molecule has 7 heteroatoms. The fourth-order valence-electron chi connectivity index (χ4n) is 3.18. The van der Waals surface area contributed by atoms with Crippen molar-refractivity contribution >= 4 is 11.9 Å². The molecule has 1 heterocycles. The highest BCUT2D eigenvalue weighted by Gasteiger charge is 2.51. The van der Waals surface area contributed by atoms with Gasteiger partial charge in [-0.3, -0.25) is 4.79 Å². The molecule has 0 aromatic heterocycles. The van der Waals surface area contributed by atoms with E-state index in [1.165, 1.54) is 0 Å². The van der Waals surface area contributed by atoms with E-state index in [0.717, 1.165) is 0 Å². The molecule has 1 aliphatic rings. The predicted octanol–water partition coefficient (Wildman–Crippen LogP) is 2.24. The van der Waals surface area contributed by atoms with Crippen LogP contribution in [0.4, 0.5) is 0 Å². The molecule has 7 nitrogen and oxygen atoms in total. The third-order valence-electron chi connectivity index (χ3n) is 3.72. The van der Waals surface area contributed by atoms with E-state index in [-0.39, 0.29) is 18.9 Å². The van der Waals surface area contributed by atoms with Crippen molar-refractivity contribution in [1.29, 1.82) is 0 Å². The van der Waals surface area contributed by atoms with Crippen LogP contribution in [0.5, 0.6) is 0 Å². The Hall–Kier alpha value is -1.18. The summed E-state index contributed by atoms with van der Waals surface area (Å²) in [6, 6.07) is 0. The van der Waals surface area contributed by atoms with Gasteiger partial charge in [-0.15, -0.1) is 0 Å². The highest BCUT2D eigenvalue weighted by atomic mass is 16.7. The Labute approximate surface area is 143 Å². The van der Waals surface area contributed by atoms with E-state index < -0.39 is 35.0 Å². The maximum absolute atomic E-state index is 12.0. The van der Waals surface area contributed by atoms with Crippen LogP contribution >= 0.6 is 0 Å². The molecule has 1 aliphatic heterocycles. The quantitative estimate of drug-likeness (QED) is 0.682. The molecule has 0 spiro atoms. The Bertz CT molecular complexity index is 466. The number of carbonyl (C=O) groups is 2. The summed E-state index contributed by atoms with van der Waals surface area (Å²) in [6.07, 6.45) is -0.193. The van der Waals surface area contributed by atoms with Gasteiger partial charge < -0.3 is 24.4 Å². The first-order valence-electron chi connectivity index (χ1n) is 8.28. The van der Waals surface area contributed by atoms with Crippen molar-refractivity contribution in [2.24, 2.45) is 0 Å². The van der Waals surface area contributed by atoms with Crippen LogP contribution in [-0.4, -0.2) is 51.3 Å². The van der Waals surface area contributed by atoms with E-state index in [0.29, 0.717) is 12.8 Å². The maximum Gasteiger partial charge on any atom is 0.364 e. The van der Waals surface area contributed by atoms with E-state index in [1.807, 2.05) is 0 Å². The summed E-state index contributed by atoms with van der Waals surface area (Å²) in [5.74, 6) is -3.64. The molecule has 0 radical (unpaired) electrons. The van der Waals surface area contributed by atoms with Gasteiger partial charge in [0.15, 0.2) is 0 Å². The largest absolute Gasteiger partial charge is 0.477 e. The molecule has 1 saturated heterocycles. The second-order valence-corrected chi connectivity index (χ2v) is 7.87. The second kappa shape index (κ2) is 7.37. The van der Waals surface area contributed by atoms with Gasteiger partial charge in [-0.2, -0.15) is 0 Å². The normalized spacial score (nSPS) is 28.2. The van der Waals surface area contributed by atoms with Crippen molar-refractivity contribution in [1.82, 2.24) is 0 Å². The lowest BCUT2D eigenvalue weighted by Gasteiger charge is -2.45. The molecule has 0 amide bonds. The smallest absolute Gasteiger partial charge is 0.364 e. The Balaban J connectivity index is 2.67. The first-order chi connectivity index (χ1) is 10.7. The fourth-order valence-corrected chi connectivity index (χ4v) is 3.18. The number of carboxylic acid groups (broad SMARTS) is 1. The number of hydrogen-bond donors (Lipinski definition) is 2. The van der Waals surface area contributed by atoms with Gasteiger partial charge in [-0.25, -0.2) is 4.79 Å². The molecule has 0 aliphatic carbocycles. The molecule has 3 unspecified atom stereocenters. The summed E-state index contributed by atoms with van der Waals surface area (Å²) in [5, 5.41) is 19.3. The predicted molar refractivity (Wildman–Crippen MR) is 86.4 cm³/mol. The maximum atomic E-state index is 12.0. The minimum atomic E-state index is -1.85. The van der Waals surface area contributed by atoms with Crippen molar-refractivity contribution < 1.29 is 34.0 Å². The molecule has 2 N–H and O–H groups in total. The first kappa shape index (κ1) is 20.9. The van der Waals surface area contributed by atoms with E-state index in [9.17, 15) is 19.8 Å². The lowest BCUT2D eigenvalue weighted by Crippen LogP contribution is -2.56. The van der Waals surface area contributed by atoms with Crippen molar-refractivity contribution in [3.8, 4) is 0 Å². The van der Waals surface area contributed by atoms with Gasteiger partial charge in [0.05, 0.1) is 23.7 Å². The Morgan fingerprint density at radius 1 is 1.38 bits per heavy atom. The summed E-state index contributed by atoms with van der Waals surface area (Å²) in [6.45, 7) is 10.3. The minimum Gasteiger partial charge on any atom is -0.477 e. The number of hydrogen-bond acceptors (Lipinski definition) is 6. The molecular formula is C17H30O7. The van der Waals surface area contributed by atoms with Gasteiger partial charge in [0.25, 0.3) is 5.79 Å². The van der Waals surface area contributed by atoms with E-state index >= 15 is 0 Å². The van der Waals surface area contributed by atoms with Gasteiger partial charge in [-0.05, 0) is 41.5 Å². The number of carboxylic acids is 1. The van der Waals surface area contributed by atoms with Crippen LogP contribution in [0.3, 0.4) is 0 Å². The molecule has 24 heavy (non-hydrogen) atoms. The summed E-state index contributed by atoms with van der Waals surface area (Å²) in [4.78, 5) is 23.7. The number of aliphatic carboxylic acids is 1. The van der Waals surface area contributed by atoms with Gasteiger partial charge in [-0.1, -0.05) is 0 Å². The first-order valence-corrected chi connectivity index (χ1v) is 8.28. The highest BCUT2D eigenvalue weighted by Crippen LogP contribution is 2.37. The molecule has 0 aromatic carbocycles. The van der Waals surface area contributed by atoms with Crippen molar-refractivity contribution in [3.05, 3.63) is 0 Å². The third kappa shape index (κ3) is 6.37. The summed E-state index contributed by atoms with van der Waals surface area (Å²) >= 11 is 0. The number of ether oxygens (including phenoxy) is 3. The highest BCUT2D eigenvalue weighted by molar-refractivity contribution is 5.77. The van der Waals surface area contributed by atoms with Crippen molar-refractivity contribution in [2.45, 2.75) is 96.4 Å². The van der Waals surface area contributed by atoms with E-state index in [1.54, 1.807) is 41.5 Å². The summed E-state index contributed by atoms with van der Waals surface area (Å²) in [7, 11) is 0. The van der Waals surface area contributed by atoms with Gasteiger partial charge in [0.1, 0.15) is 6.10 Å². The molecule has 1 fully saturated rings. The molecule has 140 valence electrons. The molecule has 3 atom stereocenters. The zero-order valence-electron chi connectivity index (χ0n) is 15.4. The standard InChI is InChI=1S/C17H30O7/c1-11(9-15(3,4)21)22-13(18)7-8-17(14(19)20)23-12(2)10-16(5,6)24-17/h11-12,21H,7-10H2,1-6H3,(H,19,20). The number of rotatable bonds is 7. The molecular weight excluding hydrogens is 316 g/mol. The Kier molecular flexibility index (Phi) is 6.41. The van der Waals surface area contributed by atoms with E-state index in [4.69, 9.17) is 14.2 Å². The van der Waals surface area contributed by atoms with Crippen molar-refractivity contribution in [3.63, 3.8) is 0 Å². The van der Waals surface area contributed by atoms with Crippen LogP contribution in [0, 0.1) is 0 Å². The monoisotopic (exact) mass is 346 g/mol. The average molecular weight is 346 g/mol. The van der Waals surface area contributed by atoms with Crippen LogP contribution in [0.2, 0.25) is 0 Å². The minimum absolute atomic E-state index is 0.135. The fraction of sp³-hybridized carbons (Fsp3) is 0.882. The topological polar surface area (TPSA) is 102 Å². The second-order valence-electron chi connectivity index (χ2n) is 7.87. The van der Waals surface area contributed by atoms with E-state index in [2.05, 4.69) is 0 Å². The van der Waals surface area contributed by atoms with Crippen LogP contribution in [0.25, 0.3) is 0 Å². The third-order valence-corrected chi connectivity index (χ3v) is 3.72. The van der Waals surface area contributed by atoms with Gasteiger partial charge in [0.2, 0.25) is 0 Å². The molecule has 0 bridgehead atoms. The zero-order chi connectivity index (χ0) is 18.8. The van der Waals surface area contributed by atoms with Gasteiger partial charge >= 0.3 is 11.9 Å². The zero-order valence-corrected chi connectivity index (χ0v) is 15.4. The van der Waals surface area contributed by atoms with Gasteiger partial charge in [0, 0.05) is 19.3 Å². The summed E-state index contributed by atoms with van der Waals surface area (Å²) < 4.78 is 16.4. The van der Waals surface area contributed by atoms with Crippen molar-refractivity contribution in [2.75, 3.05) is 0 Å². The lowest BCUT2D eigenvalue weighted by molar-refractivity contribution is -0.330. The number of carbonyl (C=O) groups excluding carboxylic acids is 1. The average Bonchev–Trinajstić information content (AvgIpc) is 2.31. The van der Waals surface area contributed by atoms with Crippen LogP contribution < -0.4 is 0 Å². The Morgan fingerprint density at radius 2 is 1.96 bits per heavy atom. The number of aliphatic hydroxyl groups is 1. The lowest BCUT2D eigenvalue weighted by atomic mass is 9.96. The van der Waals surface area contributed by atoms with Crippen LogP contribution in [0.15, 0.2) is 0 Å². The molecule has 0 saturated carbocycles. The van der Waals surface area contributed by atoms with Crippen LogP contribution in [0.1, 0.15) is 67.2 Å². The van der Waals surface area contributed by atoms with Crippen LogP contribution in [-0.2, 0) is 23.8 Å². The Morgan fingerprint density at radius 3 is 2.42 bits per heavy atom. The molecule has 1 rings (SSSR count). The molecule has 0 aromatic rings.